The Hall–Kier alpha value is -0.520. The first-order valence-corrected chi connectivity index (χ1v) is 6.57. The van der Waals surface area contributed by atoms with Gasteiger partial charge in [0.1, 0.15) is 0 Å². The molecule has 15 heavy (non-hydrogen) atoms. The fraction of sp³-hybridized carbons (Fsp3) is 0.733. The zero-order chi connectivity index (χ0) is 11.4. The van der Waals surface area contributed by atoms with Gasteiger partial charge in [0.25, 0.3) is 0 Å². The lowest BCUT2D eigenvalue weighted by atomic mass is 10.1. The van der Waals surface area contributed by atoms with Gasteiger partial charge in [-0.25, -0.2) is 0 Å². The van der Waals surface area contributed by atoms with Crippen molar-refractivity contribution in [2.75, 3.05) is 0 Å². The molecule has 0 aliphatic rings. The molecule has 0 aromatic carbocycles. The Morgan fingerprint density at radius 3 is 2.27 bits per heavy atom. The molecule has 0 saturated carbocycles. The third-order valence-electron chi connectivity index (χ3n) is 2.44. The molecular weight excluding hydrogens is 180 g/mol. The molecule has 0 amide bonds. The molecule has 0 heteroatoms. The molecule has 0 spiro atoms. The SMILES string of the molecule is CCCCCC/C=C/C/C=C/CC(C)C. The fourth-order valence-corrected chi connectivity index (χ4v) is 1.45. The summed E-state index contributed by atoms with van der Waals surface area (Å²) in [7, 11) is 0. The molecule has 0 bridgehead atoms. The van der Waals surface area contributed by atoms with E-state index in [2.05, 4.69) is 45.1 Å². The lowest BCUT2D eigenvalue weighted by Crippen LogP contribution is -1.80. The highest BCUT2D eigenvalue weighted by atomic mass is 13.9. The van der Waals surface area contributed by atoms with Gasteiger partial charge in [0, 0.05) is 0 Å². The molecule has 0 fully saturated rings. The summed E-state index contributed by atoms with van der Waals surface area (Å²) in [5.74, 6) is 0.791. The van der Waals surface area contributed by atoms with E-state index in [1.165, 1.54) is 38.5 Å². The van der Waals surface area contributed by atoms with E-state index >= 15 is 0 Å². The van der Waals surface area contributed by atoms with E-state index in [4.69, 9.17) is 0 Å². The van der Waals surface area contributed by atoms with E-state index in [0.717, 1.165) is 12.3 Å². The van der Waals surface area contributed by atoms with Crippen molar-refractivity contribution < 1.29 is 0 Å². The van der Waals surface area contributed by atoms with Crippen molar-refractivity contribution >= 4 is 0 Å². The van der Waals surface area contributed by atoms with Crippen LogP contribution in [-0.2, 0) is 0 Å². The summed E-state index contributed by atoms with van der Waals surface area (Å²) < 4.78 is 0. The molecule has 0 heterocycles. The van der Waals surface area contributed by atoms with E-state index in [0.29, 0.717) is 0 Å². The smallest absolute Gasteiger partial charge is 0.0169 e. The Morgan fingerprint density at radius 1 is 0.867 bits per heavy atom. The van der Waals surface area contributed by atoms with Crippen molar-refractivity contribution in [3.8, 4) is 0 Å². The van der Waals surface area contributed by atoms with Crippen molar-refractivity contribution in [1.82, 2.24) is 0 Å². The summed E-state index contributed by atoms with van der Waals surface area (Å²) in [5.41, 5.74) is 0. The number of hydrogen-bond acceptors (Lipinski definition) is 0. The number of hydrogen-bond donors (Lipinski definition) is 0. The summed E-state index contributed by atoms with van der Waals surface area (Å²) >= 11 is 0. The Labute approximate surface area is 96.5 Å². The number of unbranched alkanes of at least 4 members (excludes halogenated alkanes) is 4. The van der Waals surface area contributed by atoms with Crippen molar-refractivity contribution in [3.05, 3.63) is 24.3 Å². The first-order chi connectivity index (χ1) is 7.27. The Bertz CT molecular complexity index is 163. The quantitative estimate of drug-likeness (QED) is 0.346. The van der Waals surface area contributed by atoms with Gasteiger partial charge in [0.15, 0.2) is 0 Å². The van der Waals surface area contributed by atoms with Gasteiger partial charge >= 0.3 is 0 Å². The Kier molecular flexibility index (Phi) is 11.2. The van der Waals surface area contributed by atoms with Crippen LogP contribution in [0.3, 0.4) is 0 Å². The van der Waals surface area contributed by atoms with Gasteiger partial charge in [-0.05, 0) is 31.6 Å². The van der Waals surface area contributed by atoms with Gasteiger partial charge in [-0.2, -0.15) is 0 Å². The molecule has 0 rings (SSSR count). The molecule has 0 radical (unpaired) electrons. The predicted molar refractivity (Wildman–Crippen MR) is 71.1 cm³/mol. The van der Waals surface area contributed by atoms with E-state index in [-0.39, 0.29) is 0 Å². The molecule has 0 saturated heterocycles. The van der Waals surface area contributed by atoms with Gasteiger partial charge in [-0.1, -0.05) is 64.3 Å². The summed E-state index contributed by atoms with van der Waals surface area (Å²) in [4.78, 5) is 0. The topological polar surface area (TPSA) is 0 Å². The highest BCUT2D eigenvalue weighted by molar-refractivity contribution is 4.92. The summed E-state index contributed by atoms with van der Waals surface area (Å²) in [6, 6.07) is 0. The van der Waals surface area contributed by atoms with E-state index in [1.54, 1.807) is 0 Å². The average Bonchev–Trinajstić information content (AvgIpc) is 2.20. The maximum absolute atomic E-state index is 2.33. The monoisotopic (exact) mass is 208 g/mol. The molecule has 0 aliphatic carbocycles. The van der Waals surface area contributed by atoms with Crippen molar-refractivity contribution in [1.29, 1.82) is 0 Å². The van der Waals surface area contributed by atoms with Crippen LogP contribution in [-0.4, -0.2) is 0 Å². The average molecular weight is 208 g/mol. The molecule has 0 aromatic rings. The largest absolute Gasteiger partial charge is 0.0882 e. The maximum Gasteiger partial charge on any atom is -0.0169 e. The molecule has 0 aliphatic heterocycles. The third-order valence-corrected chi connectivity index (χ3v) is 2.44. The zero-order valence-corrected chi connectivity index (χ0v) is 10.8. The highest BCUT2D eigenvalue weighted by Crippen LogP contribution is 2.04. The molecule has 0 aromatic heterocycles. The third kappa shape index (κ3) is 13.5. The van der Waals surface area contributed by atoms with Gasteiger partial charge in [-0.3, -0.25) is 0 Å². The summed E-state index contributed by atoms with van der Waals surface area (Å²) in [6.07, 6.45) is 18.3. The van der Waals surface area contributed by atoms with Crippen LogP contribution in [0.4, 0.5) is 0 Å². The van der Waals surface area contributed by atoms with Gasteiger partial charge in [0.05, 0.1) is 0 Å². The van der Waals surface area contributed by atoms with Crippen LogP contribution in [0.25, 0.3) is 0 Å². The molecule has 0 nitrogen and oxygen atoms in total. The van der Waals surface area contributed by atoms with Crippen LogP contribution in [0.1, 0.15) is 65.7 Å². The summed E-state index contributed by atoms with van der Waals surface area (Å²) in [5, 5.41) is 0. The van der Waals surface area contributed by atoms with Gasteiger partial charge in [-0.15, -0.1) is 0 Å². The Morgan fingerprint density at radius 2 is 1.60 bits per heavy atom. The molecule has 0 unspecified atom stereocenters. The van der Waals surface area contributed by atoms with E-state index in [1.807, 2.05) is 0 Å². The van der Waals surface area contributed by atoms with E-state index < -0.39 is 0 Å². The normalized spacial score (nSPS) is 12.3. The maximum atomic E-state index is 2.33. The number of rotatable bonds is 9. The first-order valence-electron chi connectivity index (χ1n) is 6.57. The minimum Gasteiger partial charge on any atom is -0.0882 e. The highest BCUT2D eigenvalue weighted by Gasteiger charge is 1.86. The fourth-order valence-electron chi connectivity index (χ4n) is 1.45. The lowest BCUT2D eigenvalue weighted by Gasteiger charge is -1.95. The lowest BCUT2D eigenvalue weighted by molar-refractivity contribution is 0.663. The minimum atomic E-state index is 0.791. The molecule has 88 valence electrons. The van der Waals surface area contributed by atoms with Crippen molar-refractivity contribution in [3.63, 3.8) is 0 Å². The van der Waals surface area contributed by atoms with Crippen molar-refractivity contribution in [2.45, 2.75) is 65.7 Å². The van der Waals surface area contributed by atoms with Crippen LogP contribution >= 0.6 is 0 Å². The molecule has 0 N–H and O–H groups in total. The van der Waals surface area contributed by atoms with Crippen molar-refractivity contribution in [2.24, 2.45) is 5.92 Å². The predicted octanol–water partition coefficient (Wildman–Crippen LogP) is 5.51. The van der Waals surface area contributed by atoms with Crippen LogP contribution in [0, 0.1) is 5.92 Å². The molecular formula is C15H28. The first kappa shape index (κ1) is 14.5. The van der Waals surface area contributed by atoms with Crippen LogP contribution in [0.15, 0.2) is 24.3 Å². The second kappa shape index (κ2) is 11.6. The van der Waals surface area contributed by atoms with Crippen LogP contribution in [0.5, 0.6) is 0 Å². The van der Waals surface area contributed by atoms with Gasteiger partial charge < -0.3 is 0 Å². The zero-order valence-electron chi connectivity index (χ0n) is 10.8. The van der Waals surface area contributed by atoms with E-state index in [9.17, 15) is 0 Å². The number of allylic oxidation sites excluding steroid dienone is 4. The minimum absolute atomic E-state index is 0.791. The Balaban J connectivity index is 3.20. The molecule has 0 atom stereocenters. The standard InChI is InChI=1S/C15H28/c1-4-5-6-7-8-9-10-11-12-13-14-15(2)3/h9-10,12-13,15H,4-8,11,14H2,1-3H3/b10-9+,13-12+. The van der Waals surface area contributed by atoms with Crippen LogP contribution < -0.4 is 0 Å². The van der Waals surface area contributed by atoms with Gasteiger partial charge in [0.2, 0.25) is 0 Å². The second-order valence-corrected chi connectivity index (χ2v) is 4.66. The van der Waals surface area contributed by atoms with Crippen LogP contribution in [0.2, 0.25) is 0 Å². The second-order valence-electron chi connectivity index (χ2n) is 4.66. The summed E-state index contributed by atoms with van der Waals surface area (Å²) in [6.45, 7) is 6.77.